The van der Waals surface area contributed by atoms with E-state index in [1.807, 2.05) is 26.0 Å². The monoisotopic (exact) mass is 323 g/mol. The minimum Gasteiger partial charge on any atom is -0.312 e. The van der Waals surface area contributed by atoms with Crippen LogP contribution >= 0.6 is 9.24 Å². The lowest BCUT2D eigenvalue weighted by molar-refractivity contribution is 0.0987. The van der Waals surface area contributed by atoms with Crippen molar-refractivity contribution >= 4 is 15.0 Å². The van der Waals surface area contributed by atoms with Gasteiger partial charge in [0.1, 0.15) is 5.91 Å². The Balaban J connectivity index is 2.20. The zero-order valence-corrected chi connectivity index (χ0v) is 14.8. The lowest BCUT2D eigenvalue weighted by Crippen LogP contribution is -2.27. The minimum atomic E-state index is -1.12. The SMILES string of the molecule is CCC(=O)c1cc(CNCC2CCC2)cc(C(F)P)c1CC. The summed E-state index contributed by atoms with van der Waals surface area (Å²) in [6, 6.07) is 3.87. The summed E-state index contributed by atoms with van der Waals surface area (Å²) in [5.74, 6) is -0.226. The molecule has 0 radical (unpaired) electrons. The Morgan fingerprint density at radius 2 is 2.14 bits per heavy atom. The van der Waals surface area contributed by atoms with Crippen molar-refractivity contribution in [1.29, 1.82) is 0 Å². The molecule has 1 fully saturated rings. The molecule has 0 amide bonds. The third kappa shape index (κ3) is 4.14. The molecule has 2 unspecified atom stereocenters. The topological polar surface area (TPSA) is 29.1 Å². The standard InChI is InChI=1S/C18H27FNOP/c1-3-14-15(17(21)4-2)8-13(9-16(14)18(19)22)11-20-10-12-6-5-7-12/h8-9,12,18,20H,3-7,10-11,22H2,1-2H3. The van der Waals surface area contributed by atoms with Gasteiger partial charge in [-0.3, -0.25) is 4.79 Å². The van der Waals surface area contributed by atoms with Gasteiger partial charge >= 0.3 is 0 Å². The van der Waals surface area contributed by atoms with E-state index in [0.717, 1.165) is 23.6 Å². The van der Waals surface area contributed by atoms with Crippen LogP contribution in [0.2, 0.25) is 0 Å². The molecule has 2 rings (SSSR count). The summed E-state index contributed by atoms with van der Waals surface area (Å²) in [7, 11) is 2.21. The van der Waals surface area contributed by atoms with Crippen molar-refractivity contribution in [2.24, 2.45) is 5.92 Å². The minimum absolute atomic E-state index is 0.101. The fourth-order valence-electron chi connectivity index (χ4n) is 3.06. The molecule has 1 aliphatic rings. The molecular weight excluding hydrogens is 296 g/mol. The van der Waals surface area contributed by atoms with E-state index in [0.29, 0.717) is 30.5 Å². The summed E-state index contributed by atoms with van der Waals surface area (Å²) in [6.07, 6.45) is 5.10. The molecule has 1 aromatic carbocycles. The Morgan fingerprint density at radius 3 is 2.64 bits per heavy atom. The molecule has 1 aliphatic carbocycles. The van der Waals surface area contributed by atoms with Gasteiger partial charge in [0.15, 0.2) is 5.78 Å². The first kappa shape index (κ1) is 17.6. The van der Waals surface area contributed by atoms with Gasteiger partial charge in [-0.15, -0.1) is 0 Å². The van der Waals surface area contributed by atoms with Crippen LogP contribution in [0.15, 0.2) is 12.1 Å². The number of ketones is 1. The number of hydrogen-bond acceptors (Lipinski definition) is 2. The molecule has 1 N–H and O–H groups in total. The summed E-state index contributed by atoms with van der Waals surface area (Å²) in [4.78, 5) is 12.2. The molecule has 1 aromatic rings. The largest absolute Gasteiger partial charge is 0.312 e. The number of rotatable bonds is 8. The van der Waals surface area contributed by atoms with Crippen LogP contribution in [-0.4, -0.2) is 12.3 Å². The van der Waals surface area contributed by atoms with Gasteiger partial charge in [-0.1, -0.05) is 35.6 Å². The molecule has 2 nitrogen and oxygen atoms in total. The maximum absolute atomic E-state index is 14.0. The maximum atomic E-state index is 14.0. The molecule has 4 heteroatoms. The number of alkyl halides is 1. The lowest BCUT2D eigenvalue weighted by Gasteiger charge is -2.25. The molecule has 22 heavy (non-hydrogen) atoms. The van der Waals surface area contributed by atoms with Crippen LogP contribution in [0.4, 0.5) is 4.39 Å². The molecule has 2 atom stereocenters. The Kier molecular flexibility index (Phi) is 6.52. The quantitative estimate of drug-likeness (QED) is 0.561. The fourth-order valence-corrected chi connectivity index (χ4v) is 3.35. The number of carbonyl (C=O) groups is 1. The molecule has 0 aromatic heterocycles. The van der Waals surface area contributed by atoms with Gasteiger partial charge in [0.25, 0.3) is 0 Å². The second-order valence-corrected chi connectivity index (χ2v) is 6.76. The van der Waals surface area contributed by atoms with Gasteiger partial charge < -0.3 is 5.32 Å². The third-order valence-corrected chi connectivity index (χ3v) is 4.96. The second kappa shape index (κ2) is 8.17. The van der Waals surface area contributed by atoms with Crippen molar-refractivity contribution in [2.75, 3.05) is 6.54 Å². The smallest absolute Gasteiger partial charge is 0.162 e. The average Bonchev–Trinajstić information content (AvgIpc) is 2.47. The van der Waals surface area contributed by atoms with Crippen LogP contribution in [0.25, 0.3) is 0 Å². The first-order valence-electron chi connectivity index (χ1n) is 8.36. The first-order chi connectivity index (χ1) is 10.6. The number of hydrogen-bond donors (Lipinski definition) is 1. The number of carbonyl (C=O) groups excluding carboxylic acids is 1. The van der Waals surface area contributed by atoms with E-state index in [2.05, 4.69) is 14.6 Å². The van der Waals surface area contributed by atoms with Crippen molar-refractivity contribution < 1.29 is 9.18 Å². The van der Waals surface area contributed by atoms with Crippen molar-refractivity contribution in [2.45, 2.75) is 58.4 Å². The Labute approximate surface area is 135 Å². The molecule has 1 saturated carbocycles. The van der Waals surface area contributed by atoms with E-state index in [-0.39, 0.29) is 5.78 Å². The highest BCUT2D eigenvalue weighted by Gasteiger charge is 2.19. The van der Waals surface area contributed by atoms with Crippen LogP contribution in [0.5, 0.6) is 0 Å². The molecule has 0 aliphatic heterocycles. The Hall–Kier alpha value is -0.790. The van der Waals surface area contributed by atoms with Crippen LogP contribution in [0, 0.1) is 5.92 Å². The van der Waals surface area contributed by atoms with Crippen LogP contribution in [-0.2, 0) is 13.0 Å². The lowest BCUT2D eigenvalue weighted by atomic mass is 9.85. The van der Waals surface area contributed by atoms with E-state index in [4.69, 9.17) is 0 Å². The number of halogens is 1. The number of nitrogens with one attached hydrogen (secondary N) is 1. The number of Topliss-reactive ketones (excluding diaryl/α,β-unsaturated/α-hetero) is 1. The summed E-state index contributed by atoms with van der Waals surface area (Å²) in [5.41, 5.74) is 3.21. The van der Waals surface area contributed by atoms with Crippen molar-refractivity contribution in [1.82, 2.24) is 5.32 Å². The van der Waals surface area contributed by atoms with E-state index >= 15 is 0 Å². The fraction of sp³-hybridized carbons (Fsp3) is 0.611. The molecule has 0 spiro atoms. The Morgan fingerprint density at radius 1 is 1.41 bits per heavy atom. The summed E-state index contributed by atoms with van der Waals surface area (Å²) >= 11 is 0. The summed E-state index contributed by atoms with van der Waals surface area (Å²) in [6.45, 7) is 5.56. The van der Waals surface area contributed by atoms with E-state index in [1.54, 1.807) is 0 Å². The molecule has 0 saturated heterocycles. The van der Waals surface area contributed by atoms with Gasteiger partial charge in [0, 0.05) is 18.5 Å². The molecule has 0 bridgehead atoms. The predicted molar refractivity (Wildman–Crippen MR) is 93.0 cm³/mol. The van der Waals surface area contributed by atoms with Gasteiger partial charge in [-0.2, -0.15) is 0 Å². The van der Waals surface area contributed by atoms with Gasteiger partial charge in [0.2, 0.25) is 0 Å². The van der Waals surface area contributed by atoms with Crippen LogP contribution < -0.4 is 5.32 Å². The zero-order chi connectivity index (χ0) is 16.1. The summed E-state index contributed by atoms with van der Waals surface area (Å²) < 4.78 is 14.0. The van der Waals surface area contributed by atoms with Crippen molar-refractivity contribution in [3.05, 3.63) is 34.4 Å². The molecule has 0 heterocycles. The Bertz CT molecular complexity index is 526. The van der Waals surface area contributed by atoms with E-state index in [9.17, 15) is 9.18 Å². The maximum Gasteiger partial charge on any atom is 0.162 e. The second-order valence-electron chi connectivity index (χ2n) is 6.17. The normalized spacial score (nSPS) is 16.4. The molecule has 122 valence electrons. The van der Waals surface area contributed by atoms with Crippen molar-refractivity contribution in [3.63, 3.8) is 0 Å². The molecular formula is C18H27FNOP. The third-order valence-electron chi connectivity index (χ3n) is 4.60. The highest BCUT2D eigenvalue weighted by Crippen LogP contribution is 2.32. The first-order valence-corrected chi connectivity index (χ1v) is 9.02. The van der Waals surface area contributed by atoms with Crippen molar-refractivity contribution in [3.8, 4) is 0 Å². The number of benzene rings is 1. The van der Waals surface area contributed by atoms with Crippen LogP contribution in [0.3, 0.4) is 0 Å². The van der Waals surface area contributed by atoms with Gasteiger partial charge in [0.05, 0.1) is 0 Å². The predicted octanol–water partition coefficient (Wildman–Crippen LogP) is 4.57. The van der Waals surface area contributed by atoms with E-state index < -0.39 is 5.91 Å². The highest BCUT2D eigenvalue weighted by molar-refractivity contribution is 7.16. The van der Waals surface area contributed by atoms with Gasteiger partial charge in [-0.05, 0) is 54.5 Å². The zero-order valence-electron chi connectivity index (χ0n) is 13.6. The summed E-state index contributed by atoms with van der Waals surface area (Å²) in [5, 5.41) is 3.45. The van der Waals surface area contributed by atoms with Crippen LogP contribution in [0.1, 0.15) is 72.5 Å². The highest BCUT2D eigenvalue weighted by atomic mass is 31.0. The van der Waals surface area contributed by atoms with Gasteiger partial charge in [-0.25, -0.2) is 4.39 Å². The van der Waals surface area contributed by atoms with E-state index in [1.165, 1.54) is 19.3 Å². The average molecular weight is 323 g/mol.